The van der Waals surface area contributed by atoms with E-state index in [1.54, 1.807) is 36.4 Å². The number of carbonyl (C=O) groups excluding carboxylic acids is 1. The van der Waals surface area contributed by atoms with Gasteiger partial charge in [0.1, 0.15) is 0 Å². The Bertz CT molecular complexity index is 674. The van der Waals surface area contributed by atoms with Gasteiger partial charge in [-0.2, -0.15) is 13.2 Å². The van der Waals surface area contributed by atoms with Crippen LogP contribution < -0.4 is 5.73 Å². The van der Waals surface area contributed by atoms with E-state index in [9.17, 15) is 18.0 Å². The Morgan fingerprint density at radius 1 is 1.00 bits per heavy atom. The first-order valence-corrected chi connectivity index (χ1v) is 7.46. The van der Waals surface area contributed by atoms with Gasteiger partial charge in [-0.3, -0.25) is 4.79 Å². The lowest BCUT2D eigenvalue weighted by atomic mass is 9.81. The molecule has 2 rings (SSSR count). The summed E-state index contributed by atoms with van der Waals surface area (Å²) in [7, 11) is 1.15. The summed E-state index contributed by atoms with van der Waals surface area (Å²) in [5.41, 5.74) is 3.33. The first kappa shape index (κ1) is 18.0. The van der Waals surface area contributed by atoms with Crippen LogP contribution in [0, 0.1) is 0 Å². The molecule has 0 bridgehead atoms. The molecule has 24 heavy (non-hydrogen) atoms. The molecule has 1 amide bonds. The number of hydrogen-bond acceptors (Lipinski definition) is 2. The van der Waals surface area contributed by atoms with E-state index in [2.05, 4.69) is 0 Å². The topological polar surface area (TPSA) is 46.3 Å². The third-order valence-corrected chi connectivity index (χ3v) is 4.14. The predicted molar refractivity (Wildman–Crippen MR) is 86.1 cm³/mol. The van der Waals surface area contributed by atoms with Crippen LogP contribution in [0.15, 0.2) is 60.7 Å². The summed E-state index contributed by atoms with van der Waals surface area (Å²) >= 11 is 0. The molecule has 0 aliphatic heterocycles. The van der Waals surface area contributed by atoms with Gasteiger partial charge in [0.05, 0.1) is 6.54 Å². The van der Waals surface area contributed by atoms with Crippen LogP contribution in [0.2, 0.25) is 0 Å². The van der Waals surface area contributed by atoms with E-state index in [1.807, 2.05) is 0 Å². The maximum Gasteiger partial charge on any atom is 0.416 e. The third kappa shape index (κ3) is 3.28. The van der Waals surface area contributed by atoms with Crippen molar-refractivity contribution in [1.29, 1.82) is 0 Å². The Morgan fingerprint density at radius 2 is 1.50 bits per heavy atom. The molecule has 0 saturated heterocycles. The van der Waals surface area contributed by atoms with Gasteiger partial charge in [0.2, 0.25) is 5.91 Å². The average molecular weight is 336 g/mol. The number of alkyl halides is 3. The zero-order valence-electron chi connectivity index (χ0n) is 13.3. The molecular weight excluding hydrogens is 317 g/mol. The lowest BCUT2D eigenvalue weighted by Gasteiger charge is -2.43. The lowest BCUT2D eigenvalue weighted by Crippen LogP contribution is -2.59. The molecule has 0 aliphatic carbocycles. The van der Waals surface area contributed by atoms with Crippen LogP contribution >= 0.6 is 0 Å². The zero-order chi connectivity index (χ0) is 17.8. The summed E-state index contributed by atoms with van der Waals surface area (Å²) in [5, 5.41) is 0. The maximum absolute atomic E-state index is 14.3. The van der Waals surface area contributed by atoms with E-state index < -0.39 is 24.2 Å². The minimum Gasteiger partial charge on any atom is -0.326 e. The van der Waals surface area contributed by atoms with Gasteiger partial charge in [-0.05, 0) is 11.1 Å². The number of amides is 1. The second-order valence-electron chi connectivity index (χ2n) is 5.54. The summed E-state index contributed by atoms with van der Waals surface area (Å²) in [6.45, 7) is -0.490. The van der Waals surface area contributed by atoms with Crippen LogP contribution in [-0.2, 0) is 16.8 Å². The van der Waals surface area contributed by atoms with E-state index in [0.717, 1.165) is 11.9 Å². The molecule has 2 aromatic carbocycles. The fraction of sp³-hybridized carbons (Fsp3) is 0.278. The number of likely N-dealkylation sites (N-methyl/N-ethyl adjacent to an activating group) is 1. The largest absolute Gasteiger partial charge is 0.416 e. The van der Waals surface area contributed by atoms with Crippen molar-refractivity contribution in [3.05, 3.63) is 71.8 Å². The van der Waals surface area contributed by atoms with Crippen LogP contribution in [0.25, 0.3) is 0 Å². The first-order valence-electron chi connectivity index (χ1n) is 7.46. The van der Waals surface area contributed by atoms with Crippen LogP contribution in [0.5, 0.6) is 0 Å². The van der Waals surface area contributed by atoms with Gasteiger partial charge in [-0.15, -0.1) is 0 Å². The second kappa shape index (κ2) is 7.05. The molecule has 0 aliphatic rings. The Labute approximate surface area is 138 Å². The summed E-state index contributed by atoms with van der Waals surface area (Å²) < 4.78 is 42.8. The van der Waals surface area contributed by atoms with Gasteiger partial charge in [0.25, 0.3) is 0 Å². The minimum absolute atomic E-state index is 0.00523. The van der Waals surface area contributed by atoms with E-state index in [0.29, 0.717) is 5.56 Å². The Hall–Kier alpha value is -2.34. The van der Waals surface area contributed by atoms with E-state index in [4.69, 9.17) is 5.73 Å². The van der Waals surface area contributed by atoms with Crippen molar-refractivity contribution < 1.29 is 18.0 Å². The molecule has 0 radical (unpaired) electrons. The maximum atomic E-state index is 14.3. The van der Waals surface area contributed by atoms with Gasteiger partial charge in [0, 0.05) is 13.5 Å². The van der Waals surface area contributed by atoms with Gasteiger partial charge in [-0.1, -0.05) is 60.7 Å². The zero-order valence-corrected chi connectivity index (χ0v) is 13.3. The molecule has 0 spiro atoms. The van der Waals surface area contributed by atoms with Crippen molar-refractivity contribution in [3.63, 3.8) is 0 Å². The fourth-order valence-electron chi connectivity index (χ4n) is 2.82. The molecule has 3 nitrogen and oxygen atoms in total. The predicted octanol–water partition coefficient (Wildman–Crippen LogP) is 3.10. The summed E-state index contributed by atoms with van der Waals surface area (Å²) in [5.74, 6) is -0.771. The summed E-state index contributed by atoms with van der Waals surface area (Å²) in [6, 6.07) is 15.8. The van der Waals surface area contributed by atoms with Crippen molar-refractivity contribution in [2.24, 2.45) is 5.73 Å². The minimum atomic E-state index is -4.68. The quantitative estimate of drug-likeness (QED) is 0.912. The van der Waals surface area contributed by atoms with Crippen LogP contribution in [0.4, 0.5) is 13.2 Å². The Kier molecular flexibility index (Phi) is 5.29. The molecule has 128 valence electrons. The Balaban J connectivity index is 2.67. The van der Waals surface area contributed by atoms with Gasteiger partial charge in [0.15, 0.2) is 5.54 Å². The lowest BCUT2D eigenvalue weighted by molar-refractivity contribution is -0.233. The molecule has 2 aromatic rings. The number of benzene rings is 2. The van der Waals surface area contributed by atoms with Crippen LogP contribution in [0.3, 0.4) is 0 Å². The van der Waals surface area contributed by atoms with E-state index in [1.165, 1.54) is 24.3 Å². The monoisotopic (exact) mass is 336 g/mol. The average Bonchev–Trinajstić information content (AvgIpc) is 2.59. The number of carbonyl (C=O) groups is 1. The highest BCUT2D eigenvalue weighted by atomic mass is 19.4. The Morgan fingerprint density at radius 3 is 1.96 bits per heavy atom. The SMILES string of the molecule is CN(C(=O)CN)C(Cc1ccccc1)(c1ccccc1)C(F)(F)F. The van der Waals surface area contributed by atoms with Gasteiger partial charge in [-0.25, -0.2) is 0 Å². The van der Waals surface area contributed by atoms with Gasteiger partial charge >= 0.3 is 6.18 Å². The van der Waals surface area contributed by atoms with Crippen molar-refractivity contribution in [2.75, 3.05) is 13.6 Å². The second-order valence-corrected chi connectivity index (χ2v) is 5.54. The van der Waals surface area contributed by atoms with Crippen molar-refractivity contribution in [3.8, 4) is 0 Å². The fourth-order valence-corrected chi connectivity index (χ4v) is 2.82. The molecule has 6 heteroatoms. The van der Waals surface area contributed by atoms with E-state index >= 15 is 0 Å². The number of nitrogens with two attached hydrogens (primary N) is 1. The van der Waals surface area contributed by atoms with Crippen molar-refractivity contribution in [2.45, 2.75) is 18.1 Å². The number of nitrogens with zero attached hydrogens (tertiary/aromatic N) is 1. The van der Waals surface area contributed by atoms with Crippen LogP contribution in [0.1, 0.15) is 11.1 Å². The summed E-state index contributed by atoms with van der Waals surface area (Å²) in [4.78, 5) is 12.8. The highest BCUT2D eigenvalue weighted by Crippen LogP contribution is 2.45. The molecule has 0 fully saturated rings. The van der Waals surface area contributed by atoms with Gasteiger partial charge < -0.3 is 10.6 Å². The number of rotatable bonds is 5. The molecule has 2 N–H and O–H groups in total. The molecule has 0 saturated carbocycles. The third-order valence-electron chi connectivity index (χ3n) is 4.14. The normalized spacial score (nSPS) is 14.0. The molecule has 0 aromatic heterocycles. The standard InChI is InChI=1S/C18H19F3N2O/c1-23(16(24)13-22)17(18(19,20)21,15-10-6-3-7-11-15)12-14-8-4-2-5-9-14/h2-11H,12-13,22H2,1H3. The number of hydrogen-bond donors (Lipinski definition) is 1. The summed E-state index contributed by atoms with van der Waals surface area (Å²) in [6.07, 6.45) is -5.06. The van der Waals surface area contributed by atoms with Crippen molar-refractivity contribution in [1.82, 2.24) is 4.90 Å². The smallest absolute Gasteiger partial charge is 0.326 e. The molecule has 0 heterocycles. The van der Waals surface area contributed by atoms with Crippen molar-refractivity contribution >= 4 is 5.91 Å². The number of halogens is 3. The highest BCUT2D eigenvalue weighted by Gasteiger charge is 2.59. The molecular formula is C18H19F3N2O. The van der Waals surface area contributed by atoms with Crippen LogP contribution in [-0.4, -0.2) is 30.6 Å². The first-order chi connectivity index (χ1) is 11.3. The highest BCUT2D eigenvalue weighted by molar-refractivity contribution is 5.79. The molecule has 1 atom stereocenters. The van der Waals surface area contributed by atoms with E-state index in [-0.39, 0.29) is 12.0 Å². The molecule has 1 unspecified atom stereocenters.